The molecule has 0 saturated heterocycles. The predicted octanol–water partition coefficient (Wildman–Crippen LogP) is 3.74. The van der Waals surface area contributed by atoms with E-state index in [0.717, 1.165) is 12.0 Å². The van der Waals surface area contributed by atoms with Crippen LogP contribution in [0.2, 0.25) is 10.0 Å². The zero-order valence-corrected chi connectivity index (χ0v) is 12.0. The Bertz CT molecular complexity index is 693. The van der Waals surface area contributed by atoms with E-state index in [1.165, 1.54) is 0 Å². The fraction of sp³-hybridized carbons (Fsp3) is 0.133. The van der Waals surface area contributed by atoms with Gasteiger partial charge in [-0.1, -0.05) is 29.3 Å². The number of hydrogen-bond acceptors (Lipinski definition) is 3. The lowest BCUT2D eigenvalue weighted by Crippen LogP contribution is -2.08. The fourth-order valence-electron chi connectivity index (χ4n) is 2.35. The van der Waals surface area contributed by atoms with Crippen molar-refractivity contribution in [3.05, 3.63) is 57.1 Å². The van der Waals surface area contributed by atoms with Crippen LogP contribution in [0.3, 0.4) is 0 Å². The molecule has 2 N–H and O–H groups in total. The Balaban J connectivity index is 2.17. The molecule has 1 aliphatic heterocycles. The second kappa shape index (κ2) is 5.00. The van der Waals surface area contributed by atoms with Crippen molar-refractivity contribution < 1.29 is 9.53 Å². The van der Waals surface area contributed by atoms with Crippen molar-refractivity contribution in [3.8, 4) is 5.75 Å². The molecule has 2 aromatic carbocycles. The molecule has 0 spiro atoms. The monoisotopic (exact) mass is 307 g/mol. The van der Waals surface area contributed by atoms with Gasteiger partial charge in [0.05, 0.1) is 22.8 Å². The molecule has 0 fully saturated rings. The molecule has 1 aliphatic rings. The number of ketones is 1. The Morgan fingerprint density at radius 2 is 2.05 bits per heavy atom. The molecule has 0 radical (unpaired) electrons. The normalized spacial score (nSPS) is 12.9. The smallest absolute Gasteiger partial charge is 0.200 e. The third kappa shape index (κ3) is 2.13. The number of nitrogen functional groups attached to an aromatic ring is 1. The van der Waals surface area contributed by atoms with Crippen LogP contribution in [-0.4, -0.2) is 12.4 Å². The summed E-state index contributed by atoms with van der Waals surface area (Å²) in [5, 5.41) is 0.824. The standard InChI is InChI=1S/C15H11Cl2NO2/c16-9-6-8-4-5-20-15(8)10(7-9)14(19)13-11(17)2-1-3-12(13)18/h1-3,6-7H,4-5,18H2. The van der Waals surface area contributed by atoms with Crippen LogP contribution in [-0.2, 0) is 6.42 Å². The van der Waals surface area contributed by atoms with Crippen LogP contribution in [0.15, 0.2) is 30.3 Å². The minimum Gasteiger partial charge on any atom is -0.492 e. The topological polar surface area (TPSA) is 52.3 Å². The summed E-state index contributed by atoms with van der Waals surface area (Å²) in [7, 11) is 0. The maximum absolute atomic E-state index is 12.7. The summed E-state index contributed by atoms with van der Waals surface area (Å²) < 4.78 is 5.54. The van der Waals surface area contributed by atoms with E-state index in [4.69, 9.17) is 33.7 Å². The minimum atomic E-state index is -0.270. The highest BCUT2D eigenvalue weighted by Crippen LogP contribution is 2.36. The highest BCUT2D eigenvalue weighted by Gasteiger charge is 2.25. The number of halogens is 2. The van der Waals surface area contributed by atoms with Crippen molar-refractivity contribution in [3.63, 3.8) is 0 Å². The van der Waals surface area contributed by atoms with Gasteiger partial charge < -0.3 is 10.5 Å². The van der Waals surface area contributed by atoms with Gasteiger partial charge in [-0.15, -0.1) is 0 Å². The van der Waals surface area contributed by atoms with Gasteiger partial charge in [0.2, 0.25) is 0 Å². The molecular weight excluding hydrogens is 297 g/mol. The van der Waals surface area contributed by atoms with Crippen LogP contribution < -0.4 is 10.5 Å². The quantitative estimate of drug-likeness (QED) is 0.679. The molecule has 0 atom stereocenters. The molecule has 0 saturated carbocycles. The molecule has 0 aromatic heterocycles. The fourth-order valence-corrected chi connectivity index (χ4v) is 2.86. The predicted molar refractivity (Wildman–Crippen MR) is 79.9 cm³/mol. The SMILES string of the molecule is Nc1cccc(Cl)c1C(=O)c1cc(Cl)cc2c1OCC2. The lowest BCUT2D eigenvalue weighted by atomic mass is 9.98. The Kier molecular flexibility index (Phi) is 3.32. The summed E-state index contributed by atoms with van der Waals surface area (Å²) >= 11 is 12.2. The molecule has 3 rings (SSSR count). The number of rotatable bonds is 2. The van der Waals surface area contributed by atoms with Crippen molar-refractivity contribution in [1.82, 2.24) is 0 Å². The highest BCUT2D eigenvalue weighted by molar-refractivity contribution is 6.36. The maximum atomic E-state index is 12.7. The second-order valence-electron chi connectivity index (χ2n) is 4.57. The van der Waals surface area contributed by atoms with Gasteiger partial charge in [0.15, 0.2) is 5.78 Å². The molecule has 3 nitrogen and oxygen atoms in total. The molecule has 0 amide bonds. The number of anilines is 1. The number of carbonyl (C=O) groups excluding carboxylic acids is 1. The molecule has 0 unspecified atom stereocenters. The zero-order valence-electron chi connectivity index (χ0n) is 10.5. The van der Waals surface area contributed by atoms with E-state index in [1.807, 2.05) is 6.07 Å². The van der Waals surface area contributed by atoms with Gasteiger partial charge in [0.1, 0.15) is 5.75 Å². The van der Waals surface area contributed by atoms with Gasteiger partial charge in [0.25, 0.3) is 0 Å². The summed E-state index contributed by atoms with van der Waals surface area (Å²) in [6, 6.07) is 8.39. The molecule has 1 heterocycles. The highest BCUT2D eigenvalue weighted by atomic mass is 35.5. The third-order valence-corrected chi connectivity index (χ3v) is 3.80. The molecule has 2 aromatic rings. The van der Waals surface area contributed by atoms with E-state index in [1.54, 1.807) is 24.3 Å². The number of hydrogen-bond donors (Lipinski definition) is 1. The van der Waals surface area contributed by atoms with Crippen LogP contribution >= 0.6 is 23.2 Å². The largest absolute Gasteiger partial charge is 0.492 e. The van der Waals surface area contributed by atoms with Gasteiger partial charge in [-0.25, -0.2) is 0 Å². The summed E-state index contributed by atoms with van der Waals surface area (Å²) in [6.45, 7) is 0.550. The van der Waals surface area contributed by atoms with Gasteiger partial charge >= 0.3 is 0 Å². The Labute approximate surface area is 126 Å². The summed E-state index contributed by atoms with van der Waals surface area (Å²) in [4.78, 5) is 12.7. The first-order valence-corrected chi connectivity index (χ1v) is 6.87. The average Bonchev–Trinajstić information content (AvgIpc) is 2.85. The van der Waals surface area contributed by atoms with Crippen molar-refractivity contribution in [2.24, 2.45) is 0 Å². The van der Waals surface area contributed by atoms with Gasteiger partial charge in [0, 0.05) is 17.1 Å². The van der Waals surface area contributed by atoms with Crippen molar-refractivity contribution in [2.75, 3.05) is 12.3 Å². The van der Waals surface area contributed by atoms with E-state index in [0.29, 0.717) is 33.7 Å². The first-order valence-electron chi connectivity index (χ1n) is 6.12. The summed E-state index contributed by atoms with van der Waals surface area (Å²) in [6.07, 6.45) is 0.744. The van der Waals surface area contributed by atoms with Crippen molar-refractivity contribution in [1.29, 1.82) is 0 Å². The Hall–Kier alpha value is -1.71. The number of carbonyl (C=O) groups is 1. The molecule has 5 heteroatoms. The lowest BCUT2D eigenvalue weighted by molar-refractivity contribution is 0.103. The summed E-state index contributed by atoms with van der Waals surface area (Å²) in [5.74, 6) is 0.312. The third-order valence-electron chi connectivity index (χ3n) is 3.27. The molecule has 0 bridgehead atoms. The number of nitrogens with two attached hydrogens (primary N) is 1. The summed E-state index contributed by atoms with van der Waals surface area (Å²) in [5.41, 5.74) is 7.84. The number of ether oxygens (including phenoxy) is 1. The number of benzene rings is 2. The maximum Gasteiger partial charge on any atom is 0.200 e. The van der Waals surface area contributed by atoms with Gasteiger partial charge in [-0.2, -0.15) is 0 Å². The molecular formula is C15H11Cl2NO2. The minimum absolute atomic E-state index is 0.270. The Morgan fingerprint density at radius 1 is 1.25 bits per heavy atom. The van der Waals surface area contributed by atoms with Gasteiger partial charge in [-0.3, -0.25) is 4.79 Å². The van der Waals surface area contributed by atoms with Crippen molar-refractivity contribution >= 4 is 34.7 Å². The first-order chi connectivity index (χ1) is 9.58. The lowest BCUT2D eigenvalue weighted by Gasteiger charge is -2.11. The van der Waals surface area contributed by atoms with E-state index in [2.05, 4.69) is 0 Å². The van der Waals surface area contributed by atoms with Crippen LogP contribution in [0.25, 0.3) is 0 Å². The molecule has 102 valence electrons. The molecule has 0 aliphatic carbocycles. The zero-order chi connectivity index (χ0) is 14.3. The second-order valence-corrected chi connectivity index (χ2v) is 5.42. The van der Waals surface area contributed by atoms with Crippen LogP contribution in [0.1, 0.15) is 21.5 Å². The van der Waals surface area contributed by atoms with E-state index in [-0.39, 0.29) is 11.3 Å². The Morgan fingerprint density at radius 3 is 2.80 bits per heavy atom. The molecule has 20 heavy (non-hydrogen) atoms. The van der Waals surface area contributed by atoms with Crippen molar-refractivity contribution in [2.45, 2.75) is 6.42 Å². The van der Waals surface area contributed by atoms with Crippen LogP contribution in [0.5, 0.6) is 5.75 Å². The average molecular weight is 308 g/mol. The first kappa shape index (κ1) is 13.3. The van der Waals surface area contributed by atoms with E-state index >= 15 is 0 Å². The van der Waals surface area contributed by atoms with E-state index in [9.17, 15) is 4.79 Å². The van der Waals surface area contributed by atoms with Gasteiger partial charge in [-0.05, 0) is 29.8 Å². The number of fused-ring (bicyclic) bond motifs is 1. The van der Waals surface area contributed by atoms with Crippen LogP contribution in [0.4, 0.5) is 5.69 Å². The van der Waals surface area contributed by atoms with E-state index < -0.39 is 0 Å². The van der Waals surface area contributed by atoms with Crippen LogP contribution in [0, 0.1) is 0 Å².